The molecule has 1 atom stereocenters. The first-order valence-corrected chi connectivity index (χ1v) is 5.98. The van der Waals surface area contributed by atoms with Gasteiger partial charge in [-0.05, 0) is 18.4 Å². The lowest BCUT2D eigenvalue weighted by Gasteiger charge is -2.12. The third kappa shape index (κ3) is 4.97. The van der Waals surface area contributed by atoms with Gasteiger partial charge in [0.05, 0.1) is 0 Å². The van der Waals surface area contributed by atoms with Crippen molar-refractivity contribution in [2.75, 3.05) is 6.54 Å². The molecule has 0 saturated carbocycles. The minimum atomic E-state index is -0.651. The Bertz CT molecular complexity index is 392. The van der Waals surface area contributed by atoms with Crippen LogP contribution in [0.2, 0.25) is 0 Å². The number of amides is 2. The molecule has 1 rings (SSSR count). The van der Waals surface area contributed by atoms with E-state index in [0.717, 1.165) is 12.0 Å². The van der Waals surface area contributed by atoms with Gasteiger partial charge in [0, 0.05) is 13.0 Å². The first kappa shape index (κ1) is 14.2. The van der Waals surface area contributed by atoms with E-state index < -0.39 is 6.04 Å². The monoisotopic (exact) mass is 249 g/mol. The van der Waals surface area contributed by atoms with Crippen molar-refractivity contribution in [2.24, 2.45) is 11.5 Å². The molecule has 5 N–H and O–H groups in total. The Labute approximate surface area is 107 Å². The van der Waals surface area contributed by atoms with Crippen LogP contribution < -0.4 is 16.8 Å². The van der Waals surface area contributed by atoms with Crippen LogP contribution in [0.25, 0.3) is 0 Å². The van der Waals surface area contributed by atoms with Crippen LogP contribution in [0.3, 0.4) is 0 Å². The fourth-order valence-corrected chi connectivity index (χ4v) is 1.56. The van der Waals surface area contributed by atoms with Crippen molar-refractivity contribution in [3.05, 3.63) is 35.9 Å². The summed E-state index contributed by atoms with van der Waals surface area (Å²) in [6, 6.07) is 8.54. The Hall–Kier alpha value is -1.88. The van der Waals surface area contributed by atoms with E-state index in [9.17, 15) is 9.59 Å². The summed E-state index contributed by atoms with van der Waals surface area (Å²) in [4.78, 5) is 22.2. The van der Waals surface area contributed by atoms with Crippen LogP contribution in [0.5, 0.6) is 0 Å². The van der Waals surface area contributed by atoms with Crippen molar-refractivity contribution < 1.29 is 9.59 Å². The van der Waals surface area contributed by atoms with Gasteiger partial charge in [0.1, 0.15) is 6.04 Å². The molecular weight excluding hydrogens is 230 g/mol. The third-order valence-corrected chi connectivity index (χ3v) is 2.59. The maximum Gasteiger partial charge on any atom is 0.241 e. The zero-order valence-electron chi connectivity index (χ0n) is 10.3. The Morgan fingerprint density at radius 2 is 1.83 bits per heavy atom. The van der Waals surface area contributed by atoms with Crippen molar-refractivity contribution in [1.29, 1.82) is 0 Å². The van der Waals surface area contributed by atoms with Gasteiger partial charge in [-0.15, -0.1) is 0 Å². The minimum Gasteiger partial charge on any atom is -0.370 e. The van der Waals surface area contributed by atoms with E-state index in [1.807, 2.05) is 30.3 Å². The number of primary amides is 1. The van der Waals surface area contributed by atoms with Crippen molar-refractivity contribution in [1.82, 2.24) is 5.32 Å². The lowest BCUT2D eigenvalue weighted by molar-refractivity contribution is -0.122. The van der Waals surface area contributed by atoms with Gasteiger partial charge in [0.25, 0.3) is 0 Å². The van der Waals surface area contributed by atoms with Crippen molar-refractivity contribution in [2.45, 2.75) is 25.3 Å². The Morgan fingerprint density at radius 1 is 1.17 bits per heavy atom. The number of hydrogen-bond acceptors (Lipinski definition) is 3. The Balaban J connectivity index is 2.26. The van der Waals surface area contributed by atoms with E-state index in [1.54, 1.807) is 0 Å². The fourth-order valence-electron chi connectivity index (χ4n) is 1.56. The number of rotatable bonds is 7. The first-order chi connectivity index (χ1) is 8.61. The van der Waals surface area contributed by atoms with Gasteiger partial charge >= 0.3 is 0 Å². The van der Waals surface area contributed by atoms with Crippen LogP contribution in [0.1, 0.15) is 30.9 Å². The summed E-state index contributed by atoms with van der Waals surface area (Å²) >= 11 is 0. The van der Waals surface area contributed by atoms with E-state index in [1.165, 1.54) is 0 Å². The molecule has 0 fully saturated rings. The number of nitrogens with one attached hydrogen (secondary N) is 1. The van der Waals surface area contributed by atoms with Gasteiger partial charge in [-0.25, -0.2) is 0 Å². The third-order valence-electron chi connectivity index (χ3n) is 2.59. The summed E-state index contributed by atoms with van der Waals surface area (Å²) in [6.45, 7) is 0.507. The van der Waals surface area contributed by atoms with E-state index in [4.69, 9.17) is 11.5 Å². The number of carbonyl (C=O) groups is 2. The first-order valence-electron chi connectivity index (χ1n) is 5.98. The van der Waals surface area contributed by atoms with Crippen molar-refractivity contribution >= 4 is 11.8 Å². The molecule has 0 aliphatic carbocycles. The molecule has 1 aromatic carbocycles. The minimum absolute atomic E-state index is 0.208. The predicted molar refractivity (Wildman–Crippen MR) is 69.4 cm³/mol. The molecule has 0 spiro atoms. The van der Waals surface area contributed by atoms with Crippen LogP contribution >= 0.6 is 0 Å². The second-order valence-corrected chi connectivity index (χ2v) is 4.10. The topological polar surface area (TPSA) is 98.2 Å². The zero-order chi connectivity index (χ0) is 13.4. The number of benzene rings is 1. The number of carbonyl (C=O) groups excluding carboxylic acids is 2. The van der Waals surface area contributed by atoms with E-state index in [-0.39, 0.29) is 11.8 Å². The van der Waals surface area contributed by atoms with Crippen LogP contribution in [-0.2, 0) is 9.59 Å². The fraction of sp³-hybridized carbons (Fsp3) is 0.385. The molecule has 0 saturated heterocycles. The van der Waals surface area contributed by atoms with Crippen LogP contribution in [-0.4, -0.2) is 18.4 Å². The van der Waals surface area contributed by atoms with E-state index in [0.29, 0.717) is 19.4 Å². The van der Waals surface area contributed by atoms with Crippen molar-refractivity contribution in [3.8, 4) is 0 Å². The molecular formula is C13H19N3O2. The molecule has 5 heteroatoms. The number of nitrogens with two attached hydrogens (primary N) is 2. The summed E-state index contributed by atoms with van der Waals surface area (Å²) in [7, 11) is 0. The summed E-state index contributed by atoms with van der Waals surface area (Å²) in [6.07, 6.45) is 1.74. The second-order valence-electron chi connectivity index (χ2n) is 4.10. The van der Waals surface area contributed by atoms with E-state index >= 15 is 0 Å². The van der Waals surface area contributed by atoms with Gasteiger partial charge in [0.15, 0.2) is 0 Å². The molecule has 1 aromatic rings. The van der Waals surface area contributed by atoms with Crippen molar-refractivity contribution in [3.63, 3.8) is 0 Å². The standard InChI is InChI=1S/C13H19N3O2/c14-11(17)8-4-5-9-16-13(18)12(15)10-6-2-1-3-7-10/h1-3,6-7,12H,4-5,8-9,15H2,(H2,14,17)(H,16,18)/t12-/m1/s1. The quantitative estimate of drug-likeness (QED) is 0.612. The summed E-state index contributed by atoms with van der Waals surface area (Å²) < 4.78 is 0. The number of hydrogen-bond donors (Lipinski definition) is 3. The highest BCUT2D eigenvalue weighted by Crippen LogP contribution is 2.09. The summed E-state index contributed by atoms with van der Waals surface area (Å²) in [5.74, 6) is -0.525. The highest BCUT2D eigenvalue weighted by Gasteiger charge is 2.14. The molecule has 0 aromatic heterocycles. The molecule has 0 unspecified atom stereocenters. The molecule has 98 valence electrons. The van der Waals surface area contributed by atoms with Crippen LogP contribution in [0, 0.1) is 0 Å². The summed E-state index contributed by atoms with van der Waals surface area (Å²) in [5.41, 5.74) is 11.6. The molecule has 0 radical (unpaired) electrons. The molecule has 0 aliphatic heterocycles. The van der Waals surface area contributed by atoms with Gasteiger partial charge in [-0.2, -0.15) is 0 Å². The molecule has 2 amide bonds. The maximum atomic E-state index is 11.7. The highest BCUT2D eigenvalue weighted by atomic mass is 16.2. The zero-order valence-corrected chi connectivity index (χ0v) is 10.3. The average molecular weight is 249 g/mol. The molecule has 18 heavy (non-hydrogen) atoms. The van der Waals surface area contributed by atoms with Crippen LogP contribution in [0.4, 0.5) is 0 Å². The van der Waals surface area contributed by atoms with E-state index in [2.05, 4.69) is 5.32 Å². The van der Waals surface area contributed by atoms with Gasteiger partial charge in [-0.3, -0.25) is 9.59 Å². The Morgan fingerprint density at radius 3 is 2.44 bits per heavy atom. The molecule has 0 bridgehead atoms. The predicted octanol–water partition coefficient (Wildman–Crippen LogP) is 0.458. The van der Waals surface area contributed by atoms with Gasteiger partial charge < -0.3 is 16.8 Å². The second kappa shape index (κ2) is 7.45. The van der Waals surface area contributed by atoms with Gasteiger partial charge in [-0.1, -0.05) is 30.3 Å². The smallest absolute Gasteiger partial charge is 0.241 e. The normalized spacial score (nSPS) is 11.8. The number of unbranched alkanes of at least 4 members (excludes halogenated alkanes) is 1. The summed E-state index contributed by atoms with van der Waals surface area (Å²) in [5, 5.41) is 2.74. The van der Waals surface area contributed by atoms with Gasteiger partial charge in [0.2, 0.25) is 11.8 Å². The SMILES string of the molecule is NC(=O)CCCCNC(=O)[C@H](N)c1ccccc1. The highest BCUT2D eigenvalue weighted by molar-refractivity contribution is 5.82. The Kier molecular flexibility index (Phi) is 5.87. The molecule has 0 heterocycles. The molecule has 5 nitrogen and oxygen atoms in total. The van der Waals surface area contributed by atoms with Crippen LogP contribution in [0.15, 0.2) is 30.3 Å². The largest absolute Gasteiger partial charge is 0.370 e. The lowest BCUT2D eigenvalue weighted by atomic mass is 10.1. The average Bonchev–Trinajstić information content (AvgIpc) is 2.38. The maximum absolute atomic E-state index is 11.7. The lowest BCUT2D eigenvalue weighted by Crippen LogP contribution is -2.34. The molecule has 0 aliphatic rings.